The molecule has 0 spiro atoms. The first-order chi connectivity index (χ1) is 5.29. The third kappa shape index (κ3) is 1.65. The molecule has 1 aromatic rings. The van der Waals surface area contributed by atoms with Gasteiger partial charge >= 0.3 is 0 Å². The molecular weight excluding hydrogens is 180 g/mol. The minimum atomic E-state index is 0.454. The van der Waals surface area contributed by atoms with Crippen LogP contribution in [0.4, 0.5) is 5.00 Å². The molecule has 0 aliphatic rings. The van der Waals surface area contributed by atoms with E-state index < -0.39 is 0 Å². The Morgan fingerprint density at radius 3 is 3.09 bits per heavy atom. The van der Waals surface area contributed by atoms with Crippen molar-refractivity contribution < 1.29 is 0 Å². The van der Waals surface area contributed by atoms with Gasteiger partial charge < -0.3 is 10.7 Å². The molecule has 11 heavy (non-hydrogen) atoms. The molecule has 0 amide bonds. The van der Waals surface area contributed by atoms with E-state index in [0.29, 0.717) is 10.7 Å². The van der Waals surface area contributed by atoms with Crippen molar-refractivity contribution in [2.75, 3.05) is 12.4 Å². The van der Waals surface area contributed by atoms with Crippen LogP contribution in [0.3, 0.4) is 0 Å². The highest BCUT2D eigenvalue weighted by Crippen LogP contribution is 2.18. The van der Waals surface area contributed by atoms with Gasteiger partial charge in [-0.1, -0.05) is 12.2 Å². The van der Waals surface area contributed by atoms with Crippen LogP contribution in [0.25, 0.3) is 0 Å². The number of thiazole rings is 1. The summed E-state index contributed by atoms with van der Waals surface area (Å²) in [6.07, 6.45) is 0. The molecule has 0 fully saturated rings. The van der Waals surface area contributed by atoms with E-state index >= 15 is 0 Å². The van der Waals surface area contributed by atoms with Crippen molar-refractivity contribution in [2.45, 2.75) is 0 Å². The molecule has 60 valence electrons. The summed E-state index contributed by atoms with van der Waals surface area (Å²) in [6, 6.07) is 0. The van der Waals surface area contributed by atoms with Gasteiger partial charge in [0, 0.05) is 7.05 Å². The number of nitrogens with one attached hydrogen (secondary N) is 2. The van der Waals surface area contributed by atoms with Crippen molar-refractivity contribution in [3.8, 4) is 0 Å². The van der Waals surface area contributed by atoms with Crippen molar-refractivity contribution in [3.05, 3.63) is 11.2 Å². The molecule has 0 saturated carbocycles. The Morgan fingerprint density at radius 1 is 1.82 bits per heavy atom. The van der Waals surface area contributed by atoms with Crippen LogP contribution in [0.2, 0.25) is 0 Å². The van der Waals surface area contributed by atoms with Crippen LogP contribution >= 0.6 is 23.6 Å². The summed E-state index contributed by atoms with van der Waals surface area (Å²) in [7, 11) is 1.82. The fourth-order valence-corrected chi connectivity index (χ4v) is 1.52. The monoisotopic (exact) mass is 188 g/mol. The summed E-state index contributed by atoms with van der Waals surface area (Å²) in [5.41, 5.74) is 4.79. The molecule has 0 aliphatic carbocycles. The molecule has 6 heteroatoms. The Balaban J connectivity index is 2.92. The van der Waals surface area contributed by atoms with E-state index in [-0.39, 0.29) is 0 Å². The lowest BCUT2D eigenvalue weighted by molar-refractivity contribution is 1.04. The number of nitrogens with zero attached hydrogens (tertiary/aromatic N) is 1. The van der Waals surface area contributed by atoms with Gasteiger partial charge in [-0.05, 0) is 0 Å². The minimum Gasteiger partial charge on any atom is -0.378 e. The SMILES string of the molecule is CNc1scnc1C(=S)NN. The van der Waals surface area contributed by atoms with Gasteiger partial charge in [-0.3, -0.25) is 0 Å². The molecular formula is C5H8N4S2. The van der Waals surface area contributed by atoms with E-state index in [0.717, 1.165) is 5.00 Å². The zero-order valence-electron chi connectivity index (χ0n) is 5.92. The molecule has 4 nitrogen and oxygen atoms in total. The quantitative estimate of drug-likeness (QED) is 0.354. The maximum Gasteiger partial charge on any atom is 0.142 e. The van der Waals surface area contributed by atoms with Gasteiger partial charge in [0.15, 0.2) is 0 Å². The Morgan fingerprint density at radius 2 is 2.55 bits per heavy atom. The van der Waals surface area contributed by atoms with Gasteiger partial charge in [-0.15, -0.1) is 11.3 Å². The summed E-state index contributed by atoms with van der Waals surface area (Å²) >= 11 is 6.39. The van der Waals surface area contributed by atoms with E-state index in [2.05, 4.69) is 15.7 Å². The third-order valence-corrected chi connectivity index (χ3v) is 2.30. The number of hydrogen-bond donors (Lipinski definition) is 3. The number of nitrogens with two attached hydrogens (primary N) is 1. The van der Waals surface area contributed by atoms with Crippen molar-refractivity contribution >= 4 is 33.5 Å². The summed E-state index contributed by atoms with van der Waals surface area (Å²) in [5.74, 6) is 5.13. The first-order valence-electron chi connectivity index (χ1n) is 2.91. The normalized spacial score (nSPS) is 9.27. The first-order valence-corrected chi connectivity index (χ1v) is 4.20. The second kappa shape index (κ2) is 3.61. The summed E-state index contributed by atoms with van der Waals surface area (Å²) < 4.78 is 0. The summed E-state index contributed by atoms with van der Waals surface area (Å²) in [6.45, 7) is 0. The van der Waals surface area contributed by atoms with Crippen LogP contribution < -0.4 is 16.6 Å². The molecule has 0 aliphatic heterocycles. The van der Waals surface area contributed by atoms with Crippen molar-refractivity contribution in [3.63, 3.8) is 0 Å². The van der Waals surface area contributed by atoms with E-state index in [1.165, 1.54) is 11.3 Å². The molecule has 0 saturated heterocycles. The third-order valence-electron chi connectivity index (χ3n) is 1.14. The number of aromatic nitrogens is 1. The molecule has 0 bridgehead atoms. The van der Waals surface area contributed by atoms with E-state index in [4.69, 9.17) is 18.1 Å². The molecule has 4 N–H and O–H groups in total. The first kappa shape index (κ1) is 8.38. The number of anilines is 1. The highest BCUT2D eigenvalue weighted by atomic mass is 32.1. The average molecular weight is 188 g/mol. The van der Waals surface area contributed by atoms with E-state index in [9.17, 15) is 0 Å². The van der Waals surface area contributed by atoms with Crippen molar-refractivity contribution in [1.82, 2.24) is 10.4 Å². The van der Waals surface area contributed by atoms with Crippen LogP contribution in [0.5, 0.6) is 0 Å². The smallest absolute Gasteiger partial charge is 0.142 e. The summed E-state index contributed by atoms with van der Waals surface area (Å²) in [4.78, 5) is 4.48. The Bertz CT molecular complexity index is 257. The van der Waals surface area contributed by atoms with Crippen molar-refractivity contribution in [1.29, 1.82) is 0 Å². The lowest BCUT2D eigenvalue weighted by atomic mass is 10.4. The second-order valence-electron chi connectivity index (χ2n) is 1.75. The van der Waals surface area contributed by atoms with Gasteiger partial charge in [0.2, 0.25) is 0 Å². The largest absolute Gasteiger partial charge is 0.378 e. The maximum atomic E-state index is 5.13. The standard InChI is InChI=1S/C5H8N4S2/c1-7-5-3(4(10)9-6)8-2-11-5/h2,7H,6H2,1H3,(H,9,10). The van der Waals surface area contributed by atoms with Gasteiger partial charge in [-0.2, -0.15) is 0 Å². The zero-order valence-corrected chi connectivity index (χ0v) is 7.55. The predicted octanol–water partition coefficient (Wildman–Crippen LogP) is 0.324. The number of thiocarbonyl (C=S) groups is 1. The van der Waals surface area contributed by atoms with E-state index in [1.54, 1.807) is 5.51 Å². The molecule has 1 aromatic heterocycles. The Hall–Kier alpha value is -0.720. The lowest BCUT2D eigenvalue weighted by Gasteiger charge is -2.00. The second-order valence-corrected chi connectivity index (χ2v) is 3.02. The maximum absolute atomic E-state index is 5.13. The molecule has 0 aromatic carbocycles. The van der Waals surface area contributed by atoms with Gasteiger partial charge in [0.1, 0.15) is 15.7 Å². The molecule has 1 rings (SSSR count). The van der Waals surface area contributed by atoms with E-state index in [1.807, 2.05) is 7.05 Å². The van der Waals surface area contributed by atoms with Crippen LogP contribution in [0, 0.1) is 0 Å². The Labute approximate surface area is 73.8 Å². The number of hydrogen-bond acceptors (Lipinski definition) is 5. The molecule has 1 heterocycles. The molecule has 0 radical (unpaired) electrons. The van der Waals surface area contributed by atoms with Crippen LogP contribution in [-0.4, -0.2) is 17.0 Å². The van der Waals surface area contributed by atoms with Gasteiger partial charge in [0.25, 0.3) is 0 Å². The highest BCUT2D eigenvalue weighted by molar-refractivity contribution is 7.80. The topological polar surface area (TPSA) is 63.0 Å². The van der Waals surface area contributed by atoms with Gasteiger partial charge in [0.05, 0.1) is 5.51 Å². The molecule has 0 unspecified atom stereocenters. The number of hydrazine groups is 1. The van der Waals surface area contributed by atoms with Crippen LogP contribution in [-0.2, 0) is 0 Å². The van der Waals surface area contributed by atoms with Crippen molar-refractivity contribution in [2.24, 2.45) is 5.84 Å². The Kier molecular flexibility index (Phi) is 2.75. The van der Waals surface area contributed by atoms with Crippen LogP contribution in [0.1, 0.15) is 5.69 Å². The minimum absolute atomic E-state index is 0.454. The van der Waals surface area contributed by atoms with Crippen LogP contribution in [0.15, 0.2) is 5.51 Å². The highest BCUT2D eigenvalue weighted by Gasteiger charge is 2.07. The lowest BCUT2D eigenvalue weighted by Crippen LogP contribution is -2.29. The average Bonchev–Trinajstić information content (AvgIpc) is 2.50. The molecule has 0 atom stereocenters. The number of rotatable bonds is 2. The fraction of sp³-hybridized carbons (Fsp3) is 0.200. The summed E-state index contributed by atoms with van der Waals surface area (Å²) in [5, 5.41) is 3.89. The van der Waals surface area contributed by atoms with Gasteiger partial charge in [-0.25, -0.2) is 10.8 Å². The zero-order chi connectivity index (χ0) is 8.27. The fourth-order valence-electron chi connectivity index (χ4n) is 0.654. The predicted molar refractivity (Wildman–Crippen MR) is 50.7 cm³/mol.